The van der Waals surface area contributed by atoms with Gasteiger partial charge in [-0.2, -0.15) is 4.31 Å². The molecule has 1 rings (SSSR count). The lowest BCUT2D eigenvalue weighted by atomic mass is 10.2. The van der Waals surface area contributed by atoms with E-state index in [2.05, 4.69) is 24.2 Å². The molecule has 0 N–H and O–H groups in total. The average molecular weight is 289 g/mol. The van der Waals surface area contributed by atoms with E-state index in [1.165, 1.54) is 4.31 Å². The molecule has 4 heteroatoms. The summed E-state index contributed by atoms with van der Waals surface area (Å²) in [5.74, 6) is 5.54. The smallest absolute Gasteiger partial charge is 0.207 e. The minimum atomic E-state index is -3.51. The summed E-state index contributed by atoms with van der Waals surface area (Å²) in [7, 11) is -3.51. The molecule has 0 spiro atoms. The molecule has 0 unspecified atom stereocenters. The van der Waals surface area contributed by atoms with Crippen LogP contribution >= 0.6 is 0 Å². The lowest BCUT2D eigenvalue weighted by Crippen LogP contribution is -2.32. The van der Waals surface area contributed by atoms with Gasteiger partial charge in [-0.25, -0.2) is 8.42 Å². The summed E-state index contributed by atoms with van der Waals surface area (Å²) in [6.45, 7) is 7.65. The van der Waals surface area contributed by atoms with E-state index in [4.69, 9.17) is 0 Å². The maximum Gasteiger partial charge on any atom is 0.243 e. The van der Waals surface area contributed by atoms with Crippen LogP contribution < -0.4 is 0 Å². The molecule has 3 nitrogen and oxygen atoms in total. The molecule has 0 saturated carbocycles. The van der Waals surface area contributed by atoms with E-state index in [1.54, 1.807) is 37.3 Å². The first-order valence-electron chi connectivity index (χ1n) is 6.33. The zero-order valence-electron chi connectivity index (χ0n) is 11.9. The van der Waals surface area contributed by atoms with Crippen LogP contribution in [-0.2, 0) is 10.0 Å². The third kappa shape index (κ3) is 4.40. The molecule has 0 fully saturated rings. The van der Waals surface area contributed by atoms with Gasteiger partial charge in [0, 0.05) is 6.54 Å². The number of aryl methyl sites for hydroxylation is 1. The van der Waals surface area contributed by atoms with Crippen molar-refractivity contribution in [2.75, 3.05) is 13.1 Å². The molecule has 0 bridgehead atoms. The molecule has 20 heavy (non-hydrogen) atoms. The van der Waals surface area contributed by atoms with Crippen LogP contribution in [0.5, 0.6) is 0 Å². The highest BCUT2D eigenvalue weighted by Crippen LogP contribution is 2.16. The Morgan fingerprint density at radius 3 is 2.50 bits per heavy atom. The van der Waals surface area contributed by atoms with Crippen molar-refractivity contribution in [3.63, 3.8) is 0 Å². The number of hydrogen-bond donors (Lipinski definition) is 0. The van der Waals surface area contributed by atoms with Gasteiger partial charge in [0.1, 0.15) is 0 Å². The number of sulfonamides is 1. The predicted octanol–water partition coefficient (Wildman–Crippen LogP) is 2.74. The molecule has 0 aliphatic rings. The van der Waals surface area contributed by atoms with Crippen molar-refractivity contribution in [2.24, 2.45) is 0 Å². The zero-order valence-corrected chi connectivity index (χ0v) is 12.7. The summed E-state index contributed by atoms with van der Waals surface area (Å²) < 4.78 is 26.5. The average Bonchev–Trinajstić information content (AvgIpc) is 2.43. The minimum Gasteiger partial charge on any atom is -0.207 e. The Morgan fingerprint density at radius 1 is 1.30 bits per heavy atom. The van der Waals surface area contributed by atoms with E-state index < -0.39 is 10.0 Å². The molecule has 0 aliphatic heterocycles. The van der Waals surface area contributed by atoms with Crippen LogP contribution in [0.3, 0.4) is 0 Å². The molecule has 1 aromatic rings. The van der Waals surface area contributed by atoms with Crippen LogP contribution in [0.2, 0.25) is 0 Å². The Balaban J connectivity index is 3.04. The van der Waals surface area contributed by atoms with E-state index in [0.717, 1.165) is 5.56 Å². The van der Waals surface area contributed by atoms with Gasteiger partial charge in [0.25, 0.3) is 0 Å². The lowest BCUT2D eigenvalue weighted by Gasteiger charge is -2.19. The fourth-order valence-corrected chi connectivity index (χ4v) is 2.98. The Labute approximate surface area is 121 Å². The number of rotatable bonds is 6. The van der Waals surface area contributed by atoms with Crippen LogP contribution in [0.25, 0.3) is 0 Å². The van der Waals surface area contributed by atoms with Gasteiger partial charge < -0.3 is 0 Å². The summed E-state index contributed by atoms with van der Waals surface area (Å²) in [5.41, 5.74) is 3.67. The van der Waals surface area contributed by atoms with E-state index in [0.29, 0.717) is 17.9 Å². The maximum atomic E-state index is 12.6. The highest BCUT2D eigenvalue weighted by atomic mass is 32.2. The third-order valence-corrected chi connectivity index (χ3v) is 4.62. The summed E-state index contributed by atoms with van der Waals surface area (Å²) >= 11 is 0. The fourth-order valence-electron chi connectivity index (χ4n) is 1.62. The fraction of sp³-hybridized carbons (Fsp3) is 0.312. The minimum absolute atomic E-state index is 0.192. The van der Waals surface area contributed by atoms with Gasteiger partial charge in [0.05, 0.1) is 11.4 Å². The zero-order chi connectivity index (χ0) is 15.0. The molecule has 0 saturated heterocycles. The van der Waals surface area contributed by atoms with Gasteiger partial charge in [-0.05, 0) is 38.5 Å². The molecule has 106 valence electrons. The summed E-state index contributed by atoms with van der Waals surface area (Å²) in [6, 6.07) is 6.83. The van der Waals surface area contributed by atoms with Crippen LogP contribution in [0, 0.1) is 18.8 Å². The maximum absolute atomic E-state index is 12.6. The van der Waals surface area contributed by atoms with Crippen LogP contribution in [0.15, 0.2) is 47.5 Å². The van der Waals surface area contributed by atoms with Gasteiger partial charge in [-0.15, -0.1) is 11.7 Å². The monoisotopic (exact) mass is 289 g/mol. The van der Waals surface area contributed by atoms with Crippen molar-refractivity contribution in [3.8, 4) is 11.8 Å². The van der Waals surface area contributed by atoms with Crippen LogP contribution in [0.1, 0.15) is 18.9 Å². The number of benzene rings is 1. The van der Waals surface area contributed by atoms with Crippen molar-refractivity contribution < 1.29 is 8.42 Å². The summed E-state index contributed by atoms with van der Waals surface area (Å²) in [6.07, 6.45) is 2.29. The quantitative estimate of drug-likeness (QED) is 0.596. The lowest BCUT2D eigenvalue weighted by molar-refractivity contribution is 0.452. The summed E-state index contributed by atoms with van der Waals surface area (Å²) in [5, 5.41) is 0. The van der Waals surface area contributed by atoms with Crippen molar-refractivity contribution in [1.82, 2.24) is 4.31 Å². The third-order valence-electron chi connectivity index (χ3n) is 2.76. The predicted molar refractivity (Wildman–Crippen MR) is 81.7 cm³/mol. The molecular formula is C16H19NO2S. The van der Waals surface area contributed by atoms with Crippen molar-refractivity contribution >= 4 is 10.0 Å². The van der Waals surface area contributed by atoms with Gasteiger partial charge in [-0.3, -0.25) is 0 Å². The Bertz CT molecular complexity index is 642. The first kappa shape index (κ1) is 16.3. The standard InChI is InChI=1S/C16H19NO2S/c1-4-6-8-14-17(13-7-5-2)20(18,19)16-11-9-15(3)10-12-16/h6,9-12H,1,8,13-14H2,2-3H3. The molecule has 0 amide bonds. The number of nitrogens with zero attached hydrogens (tertiary/aromatic N) is 1. The van der Waals surface area contributed by atoms with Crippen molar-refractivity contribution in [3.05, 3.63) is 48.2 Å². The van der Waals surface area contributed by atoms with E-state index >= 15 is 0 Å². The van der Waals surface area contributed by atoms with E-state index in [-0.39, 0.29) is 6.54 Å². The van der Waals surface area contributed by atoms with Gasteiger partial charge in [0.15, 0.2) is 0 Å². The highest BCUT2D eigenvalue weighted by molar-refractivity contribution is 7.89. The second-order valence-electron chi connectivity index (χ2n) is 4.28. The first-order valence-corrected chi connectivity index (χ1v) is 7.77. The molecule has 0 heterocycles. The van der Waals surface area contributed by atoms with Gasteiger partial charge >= 0.3 is 0 Å². The topological polar surface area (TPSA) is 37.4 Å². The molecule has 0 radical (unpaired) electrons. The Hall–Kier alpha value is -1.79. The second-order valence-corrected chi connectivity index (χ2v) is 6.21. The first-order chi connectivity index (χ1) is 9.52. The molecule has 0 aliphatic carbocycles. The molecule has 0 atom stereocenters. The Morgan fingerprint density at radius 2 is 1.95 bits per heavy atom. The normalized spacial score (nSPS) is 10.6. The second kappa shape index (κ2) is 7.72. The molecule has 0 aromatic heterocycles. The van der Waals surface area contributed by atoms with Crippen LogP contribution in [0.4, 0.5) is 0 Å². The van der Waals surface area contributed by atoms with Gasteiger partial charge in [0.2, 0.25) is 10.0 Å². The highest BCUT2D eigenvalue weighted by Gasteiger charge is 2.22. The van der Waals surface area contributed by atoms with Gasteiger partial charge in [-0.1, -0.05) is 30.2 Å². The summed E-state index contributed by atoms with van der Waals surface area (Å²) in [4.78, 5) is 0.295. The van der Waals surface area contributed by atoms with Crippen molar-refractivity contribution in [2.45, 2.75) is 25.2 Å². The largest absolute Gasteiger partial charge is 0.243 e. The van der Waals surface area contributed by atoms with Crippen molar-refractivity contribution in [1.29, 1.82) is 0 Å². The molecule has 1 aromatic carbocycles. The number of hydrogen-bond acceptors (Lipinski definition) is 2. The van der Waals surface area contributed by atoms with E-state index in [1.807, 2.05) is 6.92 Å². The van der Waals surface area contributed by atoms with E-state index in [9.17, 15) is 8.42 Å². The Kier molecular flexibility index (Phi) is 6.27. The van der Waals surface area contributed by atoms with Crippen LogP contribution in [-0.4, -0.2) is 25.8 Å². The SMILES string of the molecule is C=C=CCCN(CC#CC)S(=O)(=O)c1ccc(C)cc1. The molecular weight excluding hydrogens is 270 g/mol.